The van der Waals surface area contributed by atoms with Gasteiger partial charge in [0.1, 0.15) is 0 Å². The van der Waals surface area contributed by atoms with Gasteiger partial charge in [-0.3, -0.25) is 4.90 Å². The maximum Gasteiger partial charge on any atom is 0.0820 e. The lowest BCUT2D eigenvalue weighted by atomic mass is 10.2. The zero-order chi connectivity index (χ0) is 9.26. The largest absolute Gasteiger partial charge is 0.391 e. The number of thioether (sulfide) groups is 1. The van der Waals surface area contributed by atoms with Crippen molar-refractivity contribution in [3.05, 3.63) is 0 Å². The van der Waals surface area contributed by atoms with E-state index in [2.05, 4.69) is 4.90 Å². The van der Waals surface area contributed by atoms with Gasteiger partial charge in [-0.25, -0.2) is 0 Å². The first-order valence-corrected chi connectivity index (χ1v) is 6.39. The van der Waals surface area contributed by atoms with Crippen LogP contribution in [0.1, 0.15) is 32.6 Å². The van der Waals surface area contributed by atoms with Crippen LogP contribution in [-0.4, -0.2) is 39.8 Å². The van der Waals surface area contributed by atoms with Crippen LogP contribution in [0.25, 0.3) is 0 Å². The van der Waals surface area contributed by atoms with Crippen molar-refractivity contribution in [2.45, 2.75) is 50.1 Å². The molecule has 3 heteroatoms. The Bertz CT molecular complexity index is 168. The molecule has 0 radical (unpaired) electrons. The van der Waals surface area contributed by atoms with Crippen LogP contribution in [0, 0.1) is 0 Å². The fourth-order valence-electron chi connectivity index (χ4n) is 2.54. The van der Waals surface area contributed by atoms with Crippen LogP contribution in [0.15, 0.2) is 0 Å². The second kappa shape index (κ2) is 4.20. The van der Waals surface area contributed by atoms with E-state index in [9.17, 15) is 5.11 Å². The molecule has 13 heavy (non-hydrogen) atoms. The molecule has 1 aliphatic heterocycles. The van der Waals surface area contributed by atoms with Gasteiger partial charge in [-0.15, -0.1) is 11.8 Å². The lowest BCUT2D eigenvalue weighted by Crippen LogP contribution is -2.41. The Morgan fingerprint density at radius 3 is 2.69 bits per heavy atom. The van der Waals surface area contributed by atoms with Crippen LogP contribution in [0.4, 0.5) is 0 Å². The summed E-state index contributed by atoms with van der Waals surface area (Å²) in [6.45, 7) is 3.11. The van der Waals surface area contributed by atoms with Crippen molar-refractivity contribution < 1.29 is 5.11 Å². The Hall–Kier alpha value is 0.270. The van der Waals surface area contributed by atoms with Crippen LogP contribution in [0.2, 0.25) is 0 Å². The maximum absolute atomic E-state index is 9.62. The van der Waals surface area contributed by atoms with E-state index in [1.54, 1.807) is 0 Å². The fraction of sp³-hybridized carbons (Fsp3) is 1.00. The van der Waals surface area contributed by atoms with Crippen molar-refractivity contribution in [1.29, 1.82) is 0 Å². The predicted octanol–water partition coefficient (Wildman–Crippen LogP) is 1.68. The van der Waals surface area contributed by atoms with Crippen molar-refractivity contribution in [3.8, 4) is 0 Å². The molecule has 2 atom stereocenters. The fourth-order valence-corrected chi connectivity index (χ4v) is 3.85. The summed E-state index contributed by atoms with van der Waals surface area (Å²) in [4.78, 5) is 2.53. The Labute approximate surface area is 84.7 Å². The van der Waals surface area contributed by atoms with Gasteiger partial charge in [0.15, 0.2) is 0 Å². The normalized spacial score (nSPS) is 34.2. The minimum absolute atomic E-state index is 0.173. The van der Waals surface area contributed by atoms with Gasteiger partial charge >= 0.3 is 0 Å². The number of hydrogen-bond acceptors (Lipinski definition) is 3. The van der Waals surface area contributed by atoms with Gasteiger partial charge in [-0.05, 0) is 19.8 Å². The molecule has 1 heterocycles. The van der Waals surface area contributed by atoms with E-state index in [0.717, 1.165) is 6.04 Å². The third-order valence-electron chi connectivity index (χ3n) is 3.17. The highest BCUT2D eigenvalue weighted by Crippen LogP contribution is 2.34. The number of hydrogen-bond donors (Lipinski definition) is 1. The van der Waals surface area contributed by atoms with Crippen LogP contribution in [-0.2, 0) is 0 Å². The molecule has 2 fully saturated rings. The molecule has 1 saturated heterocycles. The third kappa shape index (κ3) is 2.03. The van der Waals surface area contributed by atoms with E-state index < -0.39 is 0 Å². The molecule has 0 bridgehead atoms. The first-order valence-electron chi connectivity index (χ1n) is 5.34. The maximum atomic E-state index is 9.62. The summed E-state index contributed by atoms with van der Waals surface area (Å²) in [6.07, 6.45) is 5.30. The monoisotopic (exact) mass is 201 g/mol. The summed E-state index contributed by atoms with van der Waals surface area (Å²) in [6, 6.07) is 0.773. The summed E-state index contributed by atoms with van der Waals surface area (Å²) < 4.78 is 0. The first-order chi connectivity index (χ1) is 6.29. The number of aliphatic hydroxyl groups excluding tert-OH is 1. The molecule has 0 aromatic heterocycles. The quantitative estimate of drug-likeness (QED) is 0.735. The summed E-state index contributed by atoms with van der Waals surface area (Å²) in [5.41, 5.74) is 0. The second-order valence-electron chi connectivity index (χ2n) is 4.18. The first kappa shape index (κ1) is 9.81. The SMILES string of the molecule is C[C@@H](O)C1SCCN1C1CCCC1. The molecule has 1 saturated carbocycles. The van der Waals surface area contributed by atoms with Gasteiger partial charge in [-0.1, -0.05) is 12.8 Å². The average molecular weight is 201 g/mol. The average Bonchev–Trinajstić information content (AvgIpc) is 2.74. The van der Waals surface area contributed by atoms with E-state index in [1.807, 2.05) is 18.7 Å². The minimum atomic E-state index is -0.173. The van der Waals surface area contributed by atoms with E-state index in [-0.39, 0.29) is 6.10 Å². The van der Waals surface area contributed by atoms with E-state index >= 15 is 0 Å². The van der Waals surface area contributed by atoms with Crippen LogP contribution >= 0.6 is 11.8 Å². The molecule has 0 amide bonds. The smallest absolute Gasteiger partial charge is 0.0820 e. The molecule has 2 aliphatic rings. The van der Waals surface area contributed by atoms with Crippen molar-refractivity contribution >= 4 is 11.8 Å². The molecular formula is C10H19NOS. The number of nitrogens with zero attached hydrogens (tertiary/aromatic N) is 1. The highest BCUT2D eigenvalue weighted by molar-refractivity contribution is 8.00. The molecule has 2 nitrogen and oxygen atoms in total. The molecule has 76 valence electrons. The molecule has 1 unspecified atom stereocenters. The van der Waals surface area contributed by atoms with Gasteiger partial charge in [0, 0.05) is 18.3 Å². The van der Waals surface area contributed by atoms with Gasteiger partial charge < -0.3 is 5.11 Å². The van der Waals surface area contributed by atoms with Gasteiger partial charge in [-0.2, -0.15) is 0 Å². The minimum Gasteiger partial charge on any atom is -0.391 e. The lowest BCUT2D eigenvalue weighted by molar-refractivity contribution is 0.0928. The highest BCUT2D eigenvalue weighted by atomic mass is 32.2. The zero-order valence-electron chi connectivity index (χ0n) is 8.28. The summed E-state index contributed by atoms with van der Waals surface area (Å²) in [5, 5.41) is 10.00. The van der Waals surface area contributed by atoms with E-state index in [4.69, 9.17) is 0 Å². The Morgan fingerprint density at radius 1 is 1.38 bits per heavy atom. The van der Waals surface area contributed by atoms with Crippen molar-refractivity contribution in [2.75, 3.05) is 12.3 Å². The highest BCUT2D eigenvalue weighted by Gasteiger charge is 2.34. The van der Waals surface area contributed by atoms with Gasteiger partial charge in [0.2, 0.25) is 0 Å². The van der Waals surface area contributed by atoms with Crippen LogP contribution < -0.4 is 0 Å². The zero-order valence-corrected chi connectivity index (χ0v) is 9.09. The molecule has 2 rings (SSSR count). The van der Waals surface area contributed by atoms with E-state index in [0.29, 0.717) is 5.37 Å². The Kier molecular flexibility index (Phi) is 3.17. The number of rotatable bonds is 2. The number of aliphatic hydroxyl groups is 1. The van der Waals surface area contributed by atoms with Crippen LogP contribution in [0.5, 0.6) is 0 Å². The van der Waals surface area contributed by atoms with Gasteiger partial charge in [0.25, 0.3) is 0 Å². The lowest BCUT2D eigenvalue weighted by Gasteiger charge is -2.31. The summed E-state index contributed by atoms with van der Waals surface area (Å²) >= 11 is 1.92. The van der Waals surface area contributed by atoms with Crippen molar-refractivity contribution in [3.63, 3.8) is 0 Å². The standard InChI is InChI=1S/C10H19NOS/c1-8(12)10-11(6-7-13-10)9-4-2-3-5-9/h8-10,12H,2-7H2,1H3/t8-,10?/m1/s1. The molecule has 0 aromatic carbocycles. The molecule has 1 aliphatic carbocycles. The summed E-state index contributed by atoms with van der Waals surface area (Å²) in [5.74, 6) is 1.20. The Morgan fingerprint density at radius 2 is 2.08 bits per heavy atom. The van der Waals surface area contributed by atoms with Crippen molar-refractivity contribution in [2.24, 2.45) is 0 Å². The molecule has 0 aromatic rings. The molecular weight excluding hydrogens is 182 g/mol. The second-order valence-corrected chi connectivity index (χ2v) is 5.40. The molecule has 1 N–H and O–H groups in total. The van der Waals surface area contributed by atoms with E-state index in [1.165, 1.54) is 38.0 Å². The predicted molar refractivity (Wildman–Crippen MR) is 56.9 cm³/mol. The summed E-state index contributed by atoms with van der Waals surface area (Å²) in [7, 11) is 0. The van der Waals surface area contributed by atoms with Crippen molar-refractivity contribution in [1.82, 2.24) is 4.90 Å². The van der Waals surface area contributed by atoms with Crippen LogP contribution in [0.3, 0.4) is 0 Å². The Balaban J connectivity index is 1.96. The van der Waals surface area contributed by atoms with Gasteiger partial charge in [0.05, 0.1) is 11.5 Å². The third-order valence-corrected chi connectivity index (χ3v) is 4.60. The topological polar surface area (TPSA) is 23.5 Å². The molecule has 0 spiro atoms.